The largest absolute Gasteiger partial charge is 0.573 e. The molecule has 0 aliphatic rings. The number of hydrogen-bond acceptors (Lipinski definition) is 4. The van der Waals surface area contributed by atoms with Gasteiger partial charge in [-0.2, -0.15) is 5.26 Å². The summed E-state index contributed by atoms with van der Waals surface area (Å²) in [7, 11) is 0. The van der Waals surface area contributed by atoms with Gasteiger partial charge < -0.3 is 9.84 Å². The SMILES string of the molecule is N#Cc1c(O)cncc1OC(F)(F)F. The number of aromatic hydroxyl groups is 1. The Kier molecular flexibility index (Phi) is 2.47. The van der Waals surface area contributed by atoms with E-state index < -0.39 is 23.4 Å². The number of alkyl halides is 3. The lowest BCUT2D eigenvalue weighted by Gasteiger charge is -2.09. The zero-order valence-corrected chi connectivity index (χ0v) is 6.54. The summed E-state index contributed by atoms with van der Waals surface area (Å²) in [6.45, 7) is 0. The van der Waals surface area contributed by atoms with Crippen LogP contribution in [-0.4, -0.2) is 16.5 Å². The van der Waals surface area contributed by atoms with Gasteiger partial charge in [-0.25, -0.2) is 0 Å². The molecule has 0 spiro atoms. The molecule has 7 heteroatoms. The van der Waals surface area contributed by atoms with Gasteiger partial charge in [0, 0.05) is 0 Å². The van der Waals surface area contributed by atoms with Crippen molar-refractivity contribution >= 4 is 0 Å². The smallest absolute Gasteiger partial charge is 0.505 e. The summed E-state index contributed by atoms with van der Waals surface area (Å²) in [4.78, 5) is 3.25. The first-order valence-corrected chi connectivity index (χ1v) is 3.27. The molecule has 0 unspecified atom stereocenters. The number of hydrogen-bond donors (Lipinski definition) is 1. The highest BCUT2D eigenvalue weighted by atomic mass is 19.4. The van der Waals surface area contributed by atoms with E-state index in [1.807, 2.05) is 0 Å². The topological polar surface area (TPSA) is 66.1 Å². The van der Waals surface area contributed by atoms with Gasteiger partial charge in [0.05, 0.1) is 12.4 Å². The molecule has 0 saturated carbocycles. The van der Waals surface area contributed by atoms with E-state index in [-0.39, 0.29) is 0 Å². The highest BCUT2D eigenvalue weighted by Crippen LogP contribution is 2.29. The van der Waals surface area contributed by atoms with Gasteiger partial charge >= 0.3 is 6.36 Å². The van der Waals surface area contributed by atoms with Crippen LogP contribution in [0.2, 0.25) is 0 Å². The second-order valence-electron chi connectivity index (χ2n) is 2.19. The van der Waals surface area contributed by atoms with Crippen LogP contribution < -0.4 is 4.74 Å². The summed E-state index contributed by atoms with van der Waals surface area (Å²) in [6.07, 6.45) is -3.37. The molecule has 4 nitrogen and oxygen atoms in total. The van der Waals surface area contributed by atoms with Gasteiger partial charge in [-0.1, -0.05) is 0 Å². The van der Waals surface area contributed by atoms with Crippen molar-refractivity contribution in [2.45, 2.75) is 6.36 Å². The Morgan fingerprint density at radius 3 is 2.57 bits per heavy atom. The molecule has 0 radical (unpaired) electrons. The number of nitriles is 1. The van der Waals surface area contributed by atoms with Crippen molar-refractivity contribution in [2.75, 3.05) is 0 Å². The van der Waals surface area contributed by atoms with E-state index in [0.29, 0.717) is 6.20 Å². The van der Waals surface area contributed by atoms with Crippen molar-refractivity contribution in [1.82, 2.24) is 4.98 Å². The lowest BCUT2D eigenvalue weighted by atomic mass is 10.2. The highest BCUT2D eigenvalue weighted by molar-refractivity contribution is 5.49. The number of halogens is 3. The van der Waals surface area contributed by atoms with Crippen molar-refractivity contribution in [1.29, 1.82) is 5.26 Å². The van der Waals surface area contributed by atoms with E-state index in [4.69, 9.17) is 10.4 Å². The van der Waals surface area contributed by atoms with E-state index in [0.717, 1.165) is 6.20 Å². The summed E-state index contributed by atoms with van der Waals surface area (Å²) in [5.41, 5.74) is -0.600. The fourth-order valence-corrected chi connectivity index (χ4v) is 0.745. The van der Waals surface area contributed by atoms with Crippen molar-refractivity contribution < 1.29 is 23.0 Å². The molecule has 1 aromatic rings. The first kappa shape index (κ1) is 10.1. The molecule has 1 rings (SSSR count). The lowest BCUT2D eigenvalue weighted by Crippen LogP contribution is -2.18. The van der Waals surface area contributed by atoms with Gasteiger partial charge in [0.25, 0.3) is 0 Å². The monoisotopic (exact) mass is 204 g/mol. The molecule has 0 aliphatic carbocycles. The van der Waals surface area contributed by atoms with Crippen LogP contribution in [0, 0.1) is 11.3 Å². The van der Waals surface area contributed by atoms with E-state index in [9.17, 15) is 13.2 Å². The summed E-state index contributed by atoms with van der Waals surface area (Å²) >= 11 is 0. The Bertz CT molecular complexity index is 384. The predicted octanol–water partition coefficient (Wildman–Crippen LogP) is 1.56. The molecule has 0 fully saturated rings. The summed E-state index contributed by atoms with van der Waals surface area (Å²) in [6, 6.07) is 1.37. The standard InChI is InChI=1S/C7H3F3N2O2/c8-7(9,10)14-6-3-12-2-5(13)4(6)1-11/h2-3,13H. The minimum absolute atomic E-state index is 0.600. The summed E-state index contributed by atoms with van der Waals surface area (Å²) < 4.78 is 38.7. The Hall–Kier alpha value is -1.97. The van der Waals surface area contributed by atoms with Gasteiger partial charge in [-0.05, 0) is 0 Å². The Morgan fingerprint density at radius 2 is 2.07 bits per heavy atom. The second kappa shape index (κ2) is 3.41. The van der Waals surface area contributed by atoms with Crippen LogP contribution in [0.1, 0.15) is 5.56 Å². The van der Waals surface area contributed by atoms with Crippen molar-refractivity contribution in [3.63, 3.8) is 0 Å². The van der Waals surface area contributed by atoms with Crippen molar-refractivity contribution in [3.05, 3.63) is 18.0 Å². The Labute approximate surface area is 76.2 Å². The summed E-state index contributed by atoms with van der Waals surface area (Å²) in [5, 5.41) is 17.4. The van der Waals surface area contributed by atoms with Crippen molar-refractivity contribution in [3.8, 4) is 17.6 Å². The Morgan fingerprint density at radius 1 is 1.43 bits per heavy atom. The zero-order valence-electron chi connectivity index (χ0n) is 6.54. The van der Waals surface area contributed by atoms with Gasteiger partial charge in [0.15, 0.2) is 11.5 Å². The van der Waals surface area contributed by atoms with Gasteiger partial charge in [0.2, 0.25) is 0 Å². The van der Waals surface area contributed by atoms with Crippen LogP contribution in [0.25, 0.3) is 0 Å². The Balaban J connectivity index is 3.10. The highest BCUT2D eigenvalue weighted by Gasteiger charge is 2.32. The fraction of sp³-hybridized carbons (Fsp3) is 0.143. The molecular weight excluding hydrogens is 201 g/mol. The fourth-order valence-electron chi connectivity index (χ4n) is 0.745. The molecule has 14 heavy (non-hydrogen) atoms. The second-order valence-corrected chi connectivity index (χ2v) is 2.19. The normalized spacial score (nSPS) is 10.7. The number of aromatic nitrogens is 1. The van der Waals surface area contributed by atoms with Crippen LogP contribution in [0.3, 0.4) is 0 Å². The zero-order chi connectivity index (χ0) is 10.8. The molecule has 0 amide bonds. The molecule has 1 heterocycles. The van der Waals surface area contributed by atoms with E-state index >= 15 is 0 Å². The van der Waals surface area contributed by atoms with Crippen LogP contribution in [0.5, 0.6) is 11.5 Å². The minimum Gasteiger partial charge on any atom is -0.505 e. The molecule has 0 atom stereocenters. The maximum Gasteiger partial charge on any atom is 0.573 e. The lowest BCUT2D eigenvalue weighted by molar-refractivity contribution is -0.274. The van der Waals surface area contributed by atoms with Crippen molar-refractivity contribution in [2.24, 2.45) is 0 Å². The van der Waals surface area contributed by atoms with Crippen LogP contribution in [0.15, 0.2) is 12.4 Å². The van der Waals surface area contributed by atoms with Crippen LogP contribution in [0.4, 0.5) is 13.2 Å². The summed E-state index contributed by atoms with van der Waals surface area (Å²) in [5.74, 6) is -1.48. The molecular formula is C7H3F3N2O2. The van der Waals surface area contributed by atoms with Gasteiger partial charge in [0.1, 0.15) is 11.6 Å². The molecule has 0 saturated heterocycles. The maximum atomic E-state index is 11.7. The average Bonchev–Trinajstić information content (AvgIpc) is 2.01. The van der Waals surface area contributed by atoms with E-state index in [2.05, 4.69) is 9.72 Å². The third-order valence-electron chi connectivity index (χ3n) is 1.23. The first-order chi connectivity index (χ1) is 6.44. The number of ether oxygens (including phenoxy) is 1. The number of rotatable bonds is 1. The quantitative estimate of drug-likeness (QED) is 0.753. The molecule has 0 bridgehead atoms. The number of pyridine rings is 1. The molecule has 1 aromatic heterocycles. The predicted molar refractivity (Wildman–Crippen MR) is 37.3 cm³/mol. The van der Waals surface area contributed by atoms with E-state index in [1.165, 1.54) is 6.07 Å². The number of nitrogens with zero attached hydrogens (tertiary/aromatic N) is 2. The van der Waals surface area contributed by atoms with Gasteiger partial charge in [-0.15, -0.1) is 13.2 Å². The van der Waals surface area contributed by atoms with Crippen LogP contribution >= 0.6 is 0 Å². The first-order valence-electron chi connectivity index (χ1n) is 3.27. The third kappa shape index (κ3) is 2.26. The maximum absolute atomic E-state index is 11.7. The molecule has 74 valence electrons. The van der Waals surface area contributed by atoms with E-state index in [1.54, 1.807) is 0 Å². The van der Waals surface area contributed by atoms with Crippen LogP contribution in [-0.2, 0) is 0 Å². The molecule has 0 aliphatic heterocycles. The minimum atomic E-state index is -4.92. The average molecular weight is 204 g/mol. The van der Waals surface area contributed by atoms with Gasteiger partial charge in [-0.3, -0.25) is 4.98 Å². The third-order valence-corrected chi connectivity index (χ3v) is 1.23. The molecule has 0 aromatic carbocycles. The molecule has 1 N–H and O–H groups in total.